The smallest absolute Gasteiger partial charge is 0.322 e. The van der Waals surface area contributed by atoms with Gasteiger partial charge in [-0.3, -0.25) is 4.79 Å². The Balaban J connectivity index is 1.70. The second-order valence-corrected chi connectivity index (χ2v) is 8.60. The highest BCUT2D eigenvalue weighted by Crippen LogP contribution is 2.29. The van der Waals surface area contributed by atoms with Gasteiger partial charge in [-0.1, -0.05) is 56.2 Å². The molecule has 0 aromatic heterocycles. The molecule has 0 spiro atoms. The molecule has 2 aromatic carbocycles. The maximum absolute atomic E-state index is 13.2. The molecule has 30 heavy (non-hydrogen) atoms. The van der Waals surface area contributed by atoms with Crippen LogP contribution >= 0.6 is 15.9 Å². The SMILES string of the molecule is CCCCCN(CC(=O)N1CCc2ccccc2C1C)C(=O)Nc1ccccc1Br. The number of para-hydroxylation sites is 1. The number of fused-ring (bicyclic) bond motifs is 1. The third-order valence-corrected chi connectivity index (χ3v) is 6.37. The Kier molecular flexibility index (Phi) is 7.91. The molecule has 0 saturated heterocycles. The van der Waals surface area contributed by atoms with Crippen LogP contribution in [0.3, 0.4) is 0 Å². The molecule has 1 aliphatic rings. The van der Waals surface area contributed by atoms with Gasteiger partial charge in [0, 0.05) is 17.6 Å². The first-order valence-electron chi connectivity index (χ1n) is 10.7. The summed E-state index contributed by atoms with van der Waals surface area (Å²) in [5.74, 6) is -0.00391. The third kappa shape index (κ3) is 5.42. The van der Waals surface area contributed by atoms with Crippen molar-refractivity contribution in [3.8, 4) is 0 Å². The van der Waals surface area contributed by atoms with Gasteiger partial charge in [0.25, 0.3) is 0 Å². The Morgan fingerprint density at radius 2 is 1.87 bits per heavy atom. The summed E-state index contributed by atoms with van der Waals surface area (Å²) in [6.07, 6.45) is 3.82. The molecule has 0 radical (unpaired) electrons. The molecule has 0 bridgehead atoms. The summed E-state index contributed by atoms with van der Waals surface area (Å²) in [4.78, 5) is 29.7. The number of benzene rings is 2. The number of unbranched alkanes of at least 4 members (excludes halogenated alkanes) is 2. The van der Waals surface area contributed by atoms with Crippen LogP contribution in [-0.4, -0.2) is 41.4 Å². The molecule has 3 amide bonds. The van der Waals surface area contributed by atoms with Gasteiger partial charge in [0.1, 0.15) is 6.54 Å². The number of urea groups is 1. The average Bonchev–Trinajstić information content (AvgIpc) is 2.75. The van der Waals surface area contributed by atoms with Crippen molar-refractivity contribution < 1.29 is 9.59 Å². The molecule has 0 saturated carbocycles. The van der Waals surface area contributed by atoms with Crippen molar-refractivity contribution in [2.45, 2.75) is 45.6 Å². The number of hydrogen-bond donors (Lipinski definition) is 1. The van der Waals surface area contributed by atoms with Crippen LogP contribution in [0, 0.1) is 0 Å². The standard InChI is InChI=1S/C24H30BrN3O2/c1-3-4-9-15-27(24(30)26-22-13-8-7-12-21(22)25)17-23(29)28-16-14-19-10-5-6-11-20(19)18(28)2/h5-8,10-13,18H,3-4,9,14-17H2,1-2H3,(H,26,30). The third-order valence-electron chi connectivity index (χ3n) is 5.68. The number of carbonyl (C=O) groups is 2. The van der Waals surface area contributed by atoms with Crippen molar-refractivity contribution in [2.24, 2.45) is 0 Å². The number of nitrogens with one attached hydrogen (secondary N) is 1. The zero-order valence-electron chi connectivity index (χ0n) is 17.7. The highest BCUT2D eigenvalue weighted by Gasteiger charge is 2.29. The molecular weight excluding hydrogens is 442 g/mol. The minimum atomic E-state index is -0.239. The average molecular weight is 472 g/mol. The molecule has 2 aromatic rings. The molecule has 0 fully saturated rings. The van der Waals surface area contributed by atoms with E-state index in [1.54, 1.807) is 4.90 Å². The van der Waals surface area contributed by atoms with Crippen LogP contribution in [0.25, 0.3) is 0 Å². The van der Waals surface area contributed by atoms with Crippen molar-refractivity contribution in [2.75, 3.05) is 25.0 Å². The van der Waals surface area contributed by atoms with Crippen molar-refractivity contribution >= 4 is 33.6 Å². The van der Waals surface area contributed by atoms with E-state index in [9.17, 15) is 9.59 Å². The van der Waals surface area contributed by atoms with Crippen LogP contribution in [0.5, 0.6) is 0 Å². The molecule has 1 heterocycles. The molecule has 3 rings (SSSR count). The predicted octanol–water partition coefficient (Wildman–Crippen LogP) is 5.62. The molecule has 6 heteroatoms. The number of halogens is 1. The largest absolute Gasteiger partial charge is 0.334 e. The van der Waals surface area contributed by atoms with E-state index in [2.05, 4.69) is 47.2 Å². The Bertz CT molecular complexity index is 886. The summed E-state index contributed by atoms with van der Waals surface area (Å²) in [6.45, 7) is 5.54. The molecule has 160 valence electrons. The number of amides is 3. The normalized spacial score (nSPS) is 15.4. The minimum Gasteiger partial charge on any atom is -0.334 e. The molecular formula is C24H30BrN3O2. The number of nitrogens with zero attached hydrogens (tertiary/aromatic N) is 2. The second kappa shape index (κ2) is 10.6. The Labute approximate surface area is 187 Å². The minimum absolute atomic E-state index is 0.00391. The zero-order chi connectivity index (χ0) is 21.5. The predicted molar refractivity (Wildman–Crippen MR) is 125 cm³/mol. The van der Waals surface area contributed by atoms with Gasteiger partial charge in [-0.05, 0) is 59.0 Å². The lowest BCUT2D eigenvalue weighted by Crippen LogP contribution is -2.47. The topological polar surface area (TPSA) is 52.7 Å². The van der Waals surface area contributed by atoms with Gasteiger partial charge in [-0.2, -0.15) is 0 Å². The van der Waals surface area contributed by atoms with E-state index in [4.69, 9.17) is 0 Å². The van der Waals surface area contributed by atoms with Crippen LogP contribution in [0.1, 0.15) is 50.3 Å². The highest BCUT2D eigenvalue weighted by atomic mass is 79.9. The molecule has 1 unspecified atom stereocenters. The fourth-order valence-electron chi connectivity index (χ4n) is 3.93. The van der Waals surface area contributed by atoms with Gasteiger partial charge >= 0.3 is 6.03 Å². The molecule has 1 atom stereocenters. The fourth-order valence-corrected chi connectivity index (χ4v) is 4.31. The quantitative estimate of drug-likeness (QED) is 0.532. The van der Waals surface area contributed by atoms with Crippen LogP contribution in [0.15, 0.2) is 53.0 Å². The van der Waals surface area contributed by atoms with Crippen molar-refractivity contribution in [1.29, 1.82) is 0 Å². The maximum Gasteiger partial charge on any atom is 0.322 e. The molecule has 1 aliphatic heterocycles. The van der Waals surface area contributed by atoms with E-state index < -0.39 is 0 Å². The zero-order valence-corrected chi connectivity index (χ0v) is 19.3. The summed E-state index contributed by atoms with van der Waals surface area (Å²) in [5.41, 5.74) is 3.21. The van der Waals surface area contributed by atoms with Gasteiger partial charge in [0.05, 0.1) is 11.7 Å². The van der Waals surface area contributed by atoms with E-state index in [-0.39, 0.29) is 24.5 Å². The van der Waals surface area contributed by atoms with E-state index in [1.165, 1.54) is 11.1 Å². The van der Waals surface area contributed by atoms with E-state index in [0.29, 0.717) is 18.8 Å². The van der Waals surface area contributed by atoms with E-state index in [0.717, 1.165) is 30.2 Å². The van der Waals surface area contributed by atoms with Gasteiger partial charge in [0.15, 0.2) is 0 Å². The van der Waals surface area contributed by atoms with E-state index >= 15 is 0 Å². The number of hydrogen-bond acceptors (Lipinski definition) is 2. The van der Waals surface area contributed by atoms with Crippen LogP contribution < -0.4 is 5.32 Å². The first-order valence-corrected chi connectivity index (χ1v) is 11.5. The van der Waals surface area contributed by atoms with Crippen molar-refractivity contribution in [3.63, 3.8) is 0 Å². The Morgan fingerprint density at radius 1 is 1.13 bits per heavy atom. The van der Waals surface area contributed by atoms with Gasteiger partial charge in [0.2, 0.25) is 5.91 Å². The molecule has 0 aliphatic carbocycles. The number of anilines is 1. The lowest BCUT2D eigenvalue weighted by molar-refractivity contribution is -0.134. The molecule has 5 nitrogen and oxygen atoms in total. The monoisotopic (exact) mass is 471 g/mol. The maximum atomic E-state index is 13.2. The summed E-state index contributed by atoms with van der Waals surface area (Å²) in [6, 6.07) is 15.6. The lowest BCUT2D eigenvalue weighted by Gasteiger charge is -2.36. The van der Waals surface area contributed by atoms with E-state index in [1.807, 2.05) is 41.3 Å². The first kappa shape index (κ1) is 22.3. The van der Waals surface area contributed by atoms with Crippen molar-refractivity contribution in [3.05, 3.63) is 64.1 Å². The summed E-state index contributed by atoms with van der Waals surface area (Å²) in [7, 11) is 0. The van der Waals surface area contributed by atoms with Crippen LogP contribution in [0.4, 0.5) is 10.5 Å². The Morgan fingerprint density at radius 3 is 2.63 bits per heavy atom. The summed E-state index contributed by atoms with van der Waals surface area (Å²) < 4.78 is 0.819. The highest BCUT2D eigenvalue weighted by molar-refractivity contribution is 9.10. The van der Waals surface area contributed by atoms with Gasteiger partial charge in [-0.25, -0.2) is 4.79 Å². The molecule has 1 N–H and O–H groups in total. The lowest BCUT2D eigenvalue weighted by atomic mass is 9.93. The van der Waals surface area contributed by atoms with Crippen LogP contribution in [-0.2, 0) is 11.2 Å². The van der Waals surface area contributed by atoms with Gasteiger partial charge < -0.3 is 15.1 Å². The summed E-state index contributed by atoms with van der Waals surface area (Å²) >= 11 is 3.47. The number of rotatable bonds is 7. The number of carbonyl (C=O) groups excluding carboxylic acids is 2. The second-order valence-electron chi connectivity index (χ2n) is 7.75. The fraction of sp³-hybridized carbons (Fsp3) is 0.417. The van der Waals surface area contributed by atoms with Gasteiger partial charge in [-0.15, -0.1) is 0 Å². The first-order chi connectivity index (χ1) is 14.5. The van der Waals surface area contributed by atoms with Crippen LogP contribution in [0.2, 0.25) is 0 Å². The summed E-state index contributed by atoms with van der Waals surface area (Å²) in [5, 5.41) is 2.94. The Hall–Kier alpha value is -2.34. The van der Waals surface area contributed by atoms with Crippen molar-refractivity contribution in [1.82, 2.24) is 9.80 Å².